The number of aromatic amines is 1. The summed E-state index contributed by atoms with van der Waals surface area (Å²) in [5.41, 5.74) is 1.14. The van der Waals surface area contributed by atoms with Crippen LogP contribution in [0.4, 0.5) is 0 Å². The van der Waals surface area contributed by atoms with Gasteiger partial charge in [0, 0.05) is 33.5 Å². The molecule has 3 nitrogen and oxygen atoms in total. The SMILES string of the molecule is [C-]#[N+]C1[C@]2(O)c3c(C(C)(C)C=C)[nH]c4cccc(c34)C(C)(C)[C@H]2C[C@@H](Cl)[C@]1(C)C=C. The van der Waals surface area contributed by atoms with Crippen LogP contribution in [0.1, 0.15) is 57.9 Å². The lowest BCUT2D eigenvalue weighted by molar-refractivity contribution is -0.116. The number of aromatic nitrogens is 1. The zero-order valence-electron chi connectivity index (χ0n) is 18.5. The highest BCUT2D eigenvalue weighted by Gasteiger charge is 2.69. The van der Waals surface area contributed by atoms with E-state index in [-0.39, 0.29) is 16.7 Å². The van der Waals surface area contributed by atoms with Crippen molar-refractivity contribution < 1.29 is 5.11 Å². The molecule has 158 valence electrons. The van der Waals surface area contributed by atoms with Crippen molar-refractivity contribution in [3.05, 3.63) is 71.7 Å². The van der Waals surface area contributed by atoms with Crippen LogP contribution >= 0.6 is 11.6 Å². The summed E-state index contributed by atoms with van der Waals surface area (Å²) in [5.74, 6) is -0.201. The number of rotatable bonds is 3. The van der Waals surface area contributed by atoms with Crippen LogP contribution in [0.2, 0.25) is 0 Å². The van der Waals surface area contributed by atoms with E-state index in [9.17, 15) is 5.11 Å². The molecule has 0 aliphatic heterocycles. The molecule has 1 saturated carbocycles. The van der Waals surface area contributed by atoms with Gasteiger partial charge in [-0.3, -0.25) is 0 Å². The number of alkyl halides is 1. The minimum Gasteiger partial charge on any atom is -0.377 e. The Hall–Kier alpha value is -2.02. The molecule has 2 aromatic rings. The molecule has 5 atom stereocenters. The summed E-state index contributed by atoms with van der Waals surface area (Å²) in [6.45, 7) is 26.7. The van der Waals surface area contributed by atoms with Gasteiger partial charge in [-0.05, 0) is 30.4 Å². The number of aliphatic hydroxyl groups is 1. The lowest BCUT2D eigenvalue weighted by Crippen LogP contribution is -2.64. The quantitative estimate of drug-likeness (QED) is 0.344. The fourth-order valence-corrected chi connectivity index (χ4v) is 6.45. The molecule has 0 saturated heterocycles. The van der Waals surface area contributed by atoms with Gasteiger partial charge in [-0.15, -0.1) is 24.8 Å². The van der Waals surface area contributed by atoms with E-state index >= 15 is 0 Å². The van der Waals surface area contributed by atoms with E-state index in [4.69, 9.17) is 18.2 Å². The van der Waals surface area contributed by atoms with E-state index in [2.05, 4.69) is 68.9 Å². The molecule has 0 radical (unpaired) electrons. The Balaban J connectivity index is 2.21. The molecule has 0 bridgehead atoms. The number of nitrogens with zero attached hydrogens (tertiary/aromatic N) is 1. The van der Waals surface area contributed by atoms with Crippen molar-refractivity contribution in [3.8, 4) is 0 Å². The predicted molar refractivity (Wildman–Crippen MR) is 125 cm³/mol. The van der Waals surface area contributed by atoms with Crippen molar-refractivity contribution in [1.82, 2.24) is 4.98 Å². The minimum atomic E-state index is -1.36. The lowest BCUT2D eigenvalue weighted by Gasteiger charge is -2.57. The topological polar surface area (TPSA) is 40.4 Å². The summed E-state index contributed by atoms with van der Waals surface area (Å²) in [6.07, 6.45) is 4.28. The van der Waals surface area contributed by atoms with Gasteiger partial charge < -0.3 is 14.9 Å². The Morgan fingerprint density at radius 3 is 2.53 bits per heavy atom. The lowest BCUT2D eigenvalue weighted by atomic mass is 9.48. The highest BCUT2D eigenvalue weighted by molar-refractivity contribution is 6.21. The third kappa shape index (κ3) is 2.30. The van der Waals surface area contributed by atoms with Crippen LogP contribution in [-0.2, 0) is 16.4 Å². The molecule has 1 fully saturated rings. The zero-order valence-corrected chi connectivity index (χ0v) is 19.3. The van der Waals surface area contributed by atoms with E-state index in [0.29, 0.717) is 6.42 Å². The number of fused-ring (bicyclic) bond motifs is 2. The molecule has 2 aliphatic rings. The number of hydrogen-bond donors (Lipinski definition) is 2. The van der Waals surface area contributed by atoms with E-state index in [0.717, 1.165) is 22.2 Å². The molecular formula is C26H31ClN2O. The maximum absolute atomic E-state index is 12.7. The maximum atomic E-state index is 12.7. The number of benzene rings is 1. The molecule has 4 rings (SSSR count). The van der Waals surface area contributed by atoms with Crippen molar-refractivity contribution >= 4 is 22.5 Å². The smallest absolute Gasteiger partial charge is 0.266 e. The van der Waals surface area contributed by atoms with Crippen molar-refractivity contribution in [2.75, 3.05) is 0 Å². The summed E-state index contributed by atoms with van der Waals surface area (Å²) >= 11 is 6.92. The summed E-state index contributed by atoms with van der Waals surface area (Å²) in [4.78, 5) is 7.63. The third-order valence-electron chi connectivity index (χ3n) is 8.17. The van der Waals surface area contributed by atoms with Gasteiger partial charge in [0.1, 0.15) is 0 Å². The van der Waals surface area contributed by atoms with Crippen LogP contribution in [0.25, 0.3) is 15.7 Å². The molecule has 30 heavy (non-hydrogen) atoms. The molecule has 1 unspecified atom stereocenters. The monoisotopic (exact) mass is 422 g/mol. The van der Waals surface area contributed by atoms with E-state index in [1.807, 2.05) is 13.0 Å². The minimum absolute atomic E-state index is 0.201. The first-order chi connectivity index (χ1) is 13.9. The Morgan fingerprint density at radius 1 is 1.30 bits per heavy atom. The molecule has 0 amide bonds. The summed E-state index contributed by atoms with van der Waals surface area (Å²) in [5, 5.41) is 13.4. The normalized spacial score (nSPS) is 34.8. The first-order valence-electron chi connectivity index (χ1n) is 10.6. The van der Waals surface area contributed by atoms with E-state index in [1.165, 1.54) is 5.56 Å². The average molecular weight is 423 g/mol. The summed E-state index contributed by atoms with van der Waals surface area (Å²) in [7, 11) is 0. The summed E-state index contributed by atoms with van der Waals surface area (Å²) < 4.78 is 0. The van der Waals surface area contributed by atoms with Crippen LogP contribution in [-0.4, -0.2) is 21.5 Å². The number of hydrogen-bond acceptors (Lipinski definition) is 1. The molecule has 4 heteroatoms. The molecule has 0 spiro atoms. The standard InChI is InChI=1S/C26H31ClN2O/c1-9-23(3,4)21-20-19-15(12-11-13-16(19)29-21)24(5,6)17-14-18(27)25(7,10-2)22(28-8)26(17,20)30/h9-13,17-18,22,29-30H,1-2,14H2,3-7H3/t17-,18-,22?,25+,26-/m1/s1. The Labute approximate surface area is 184 Å². The molecular weight excluding hydrogens is 392 g/mol. The van der Waals surface area contributed by atoms with Gasteiger partial charge in [-0.1, -0.05) is 52.0 Å². The number of halogens is 1. The van der Waals surface area contributed by atoms with Crippen molar-refractivity contribution in [2.24, 2.45) is 11.3 Å². The molecule has 1 heterocycles. The molecule has 1 aromatic carbocycles. The highest BCUT2D eigenvalue weighted by Crippen LogP contribution is 2.64. The van der Waals surface area contributed by atoms with Crippen LogP contribution in [0.15, 0.2) is 43.5 Å². The van der Waals surface area contributed by atoms with Gasteiger partial charge in [0.25, 0.3) is 6.04 Å². The predicted octanol–water partition coefficient (Wildman–Crippen LogP) is 6.22. The molecule has 2 N–H and O–H groups in total. The van der Waals surface area contributed by atoms with Gasteiger partial charge in [0.2, 0.25) is 0 Å². The van der Waals surface area contributed by atoms with E-state index < -0.39 is 22.5 Å². The van der Waals surface area contributed by atoms with Gasteiger partial charge in [-0.25, -0.2) is 6.57 Å². The molecule has 2 aliphatic carbocycles. The zero-order chi connectivity index (χ0) is 22.3. The van der Waals surface area contributed by atoms with E-state index in [1.54, 1.807) is 6.08 Å². The fraction of sp³-hybridized carbons (Fsp3) is 0.500. The van der Waals surface area contributed by atoms with Crippen LogP contribution in [0, 0.1) is 17.9 Å². The second kappa shape index (κ2) is 6.25. The van der Waals surface area contributed by atoms with Gasteiger partial charge >= 0.3 is 0 Å². The van der Waals surface area contributed by atoms with Crippen LogP contribution in [0.3, 0.4) is 0 Å². The fourth-order valence-electron chi connectivity index (χ4n) is 6.07. The Kier molecular flexibility index (Phi) is 4.42. The number of H-pyrrole nitrogens is 1. The van der Waals surface area contributed by atoms with Crippen molar-refractivity contribution in [2.45, 2.75) is 68.9 Å². The van der Waals surface area contributed by atoms with Gasteiger partial charge in [0.05, 0.1) is 10.8 Å². The number of allylic oxidation sites excluding steroid dienone is 1. The van der Waals surface area contributed by atoms with Crippen molar-refractivity contribution in [1.29, 1.82) is 0 Å². The second-order valence-corrected chi connectivity index (χ2v) is 11.0. The highest BCUT2D eigenvalue weighted by atomic mass is 35.5. The average Bonchev–Trinajstić information content (AvgIpc) is 3.11. The Morgan fingerprint density at radius 2 is 1.97 bits per heavy atom. The van der Waals surface area contributed by atoms with Crippen LogP contribution < -0.4 is 0 Å². The molecule has 1 aromatic heterocycles. The third-order valence-corrected chi connectivity index (χ3v) is 8.82. The van der Waals surface area contributed by atoms with Crippen LogP contribution in [0.5, 0.6) is 0 Å². The first kappa shape index (κ1) is 21.2. The van der Waals surface area contributed by atoms with Crippen molar-refractivity contribution in [3.63, 3.8) is 0 Å². The van der Waals surface area contributed by atoms with Gasteiger partial charge in [0.15, 0.2) is 5.60 Å². The first-order valence-corrected chi connectivity index (χ1v) is 11.0. The Bertz CT molecular complexity index is 1100. The van der Waals surface area contributed by atoms with Gasteiger partial charge in [-0.2, -0.15) is 0 Å². The number of nitrogens with one attached hydrogen (secondary N) is 1. The summed E-state index contributed by atoms with van der Waals surface area (Å²) in [6, 6.07) is 5.53. The maximum Gasteiger partial charge on any atom is 0.266 e. The second-order valence-electron chi connectivity index (χ2n) is 10.4. The largest absolute Gasteiger partial charge is 0.377 e.